The second kappa shape index (κ2) is 9.24. The smallest absolute Gasteiger partial charge is 0.204 e. The minimum atomic E-state index is 0.566. The number of aryl methyl sites for hydroxylation is 1. The predicted molar refractivity (Wildman–Crippen MR) is 125 cm³/mol. The number of hydrogen-bond acceptors (Lipinski definition) is 5. The summed E-state index contributed by atoms with van der Waals surface area (Å²) in [4.78, 5) is 6.45. The maximum Gasteiger partial charge on any atom is 0.204 e. The van der Waals surface area contributed by atoms with Gasteiger partial charge in [-0.2, -0.15) is 0 Å². The Morgan fingerprint density at radius 2 is 1.81 bits per heavy atom. The molecule has 0 fully saturated rings. The molecule has 2 aromatic carbocycles. The molecule has 0 N–H and O–H groups in total. The van der Waals surface area contributed by atoms with E-state index in [0.717, 1.165) is 34.9 Å². The van der Waals surface area contributed by atoms with E-state index in [9.17, 15) is 0 Å². The van der Waals surface area contributed by atoms with E-state index in [2.05, 4.69) is 48.1 Å². The van der Waals surface area contributed by atoms with Gasteiger partial charge < -0.3 is 4.74 Å². The lowest BCUT2D eigenvalue weighted by molar-refractivity contribution is 0.244. The van der Waals surface area contributed by atoms with E-state index in [0.29, 0.717) is 11.4 Å². The Balaban J connectivity index is 1.68. The van der Waals surface area contributed by atoms with E-state index in [1.165, 1.54) is 5.56 Å². The quantitative estimate of drug-likeness (QED) is 0.391. The molecule has 0 atom stereocenters. The molecule has 0 amide bonds. The molecular weight excluding hydrogens is 406 g/mol. The molecule has 2 aromatic heterocycles. The average molecular weight is 432 g/mol. The molecule has 7 heteroatoms. The third kappa shape index (κ3) is 4.57. The van der Waals surface area contributed by atoms with Crippen LogP contribution in [0.25, 0.3) is 17.1 Å². The van der Waals surface area contributed by atoms with E-state index in [1.54, 1.807) is 13.3 Å². The van der Waals surface area contributed by atoms with Crippen molar-refractivity contribution in [1.82, 2.24) is 24.2 Å². The number of rotatable bonds is 7. The van der Waals surface area contributed by atoms with Crippen molar-refractivity contribution in [3.05, 3.63) is 89.0 Å². The summed E-state index contributed by atoms with van der Waals surface area (Å²) in [6.45, 7) is 3.42. The number of para-hydroxylation sites is 1. The first-order valence-corrected chi connectivity index (χ1v) is 10.5. The van der Waals surface area contributed by atoms with Gasteiger partial charge in [-0.05, 0) is 67.6 Å². The second-order valence-electron chi connectivity index (χ2n) is 7.47. The summed E-state index contributed by atoms with van der Waals surface area (Å²) in [5.41, 5.74) is 4.28. The van der Waals surface area contributed by atoms with Crippen LogP contribution in [0.1, 0.15) is 11.1 Å². The number of aromatic nitrogens is 4. The third-order valence-electron chi connectivity index (χ3n) is 5.10. The summed E-state index contributed by atoms with van der Waals surface area (Å²) in [5, 5.41) is 4.88. The summed E-state index contributed by atoms with van der Waals surface area (Å²) in [7, 11) is 3.73. The summed E-state index contributed by atoms with van der Waals surface area (Å²) in [6.07, 6.45) is 3.58. The summed E-state index contributed by atoms with van der Waals surface area (Å²) in [6, 6.07) is 20.2. The molecule has 4 aromatic rings. The van der Waals surface area contributed by atoms with Crippen LogP contribution in [-0.2, 0) is 13.2 Å². The van der Waals surface area contributed by atoms with Gasteiger partial charge in [0.1, 0.15) is 5.75 Å². The zero-order chi connectivity index (χ0) is 21.8. The standard InChI is InChI=1S/C24H25N5OS/c1-18-7-4-5-9-22(18)29-23(20-8-6-14-25-15-20)26-28(24(29)31)17-27(2)16-19-10-12-21(30-3)13-11-19/h4-15H,16-17H2,1-3H3. The summed E-state index contributed by atoms with van der Waals surface area (Å²) >= 11 is 5.87. The molecule has 158 valence electrons. The normalized spacial score (nSPS) is 11.1. The van der Waals surface area contributed by atoms with Crippen LogP contribution in [0, 0.1) is 11.7 Å². The number of pyridine rings is 1. The van der Waals surface area contributed by atoms with Crippen molar-refractivity contribution in [3.63, 3.8) is 0 Å². The van der Waals surface area contributed by atoms with Crippen LogP contribution < -0.4 is 4.74 Å². The molecule has 0 saturated carbocycles. The highest BCUT2D eigenvalue weighted by atomic mass is 32.1. The molecule has 0 aliphatic heterocycles. The van der Waals surface area contributed by atoms with Crippen LogP contribution in [0.4, 0.5) is 0 Å². The number of benzene rings is 2. The van der Waals surface area contributed by atoms with E-state index in [1.807, 2.05) is 51.8 Å². The molecule has 0 radical (unpaired) electrons. The second-order valence-corrected chi connectivity index (χ2v) is 7.84. The Labute approximate surface area is 187 Å². The Kier molecular flexibility index (Phi) is 6.25. The monoisotopic (exact) mass is 431 g/mol. The number of ether oxygens (including phenoxy) is 1. The first-order chi connectivity index (χ1) is 15.1. The van der Waals surface area contributed by atoms with E-state index in [-0.39, 0.29) is 0 Å². The van der Waals surface area contributed by atoms with E-state index in [4.69, 9.17) is 22.1 Å². The molecule has 4 rings (SSSR count). The van der Waals surface area contributed by atoms with Crippen molar-refractivity contribution in [2.24, 2.45) is 0 Å². The highest BCUT2D eigenvalue weighted by Crippen LogP contribution is 2.24. The molecule has 0 aliphatic rings. The molecule has 6 nitrogen and oxygen atoms in total. The molecule has 31 heavy (non-hydrogen) atoms. The highest BCUT2D eigenvalue weighted by molar-refractivity contribution is 7.71. The predicted octanol–water partition coefficient (Wildman–Crippen LogP) is 4.87. The van der Waals surface area contributed by atoms with Crippen molar-refractivity contribution in [2.75, 3.05) is 14.2 Å². The highest BCUT2D eigenvalue weighted by Gasteiger charge is 2.17. The Bertz CT molecular complexity index is 1210. The lowest BCUT2D eigenvalue weighted by Gasteiger charge is -2.16. The topological polar surface area (TPSA) is 48.1 Å². The van der Waals surface area contributed by atoms with Gasteiger partial charge in [0.25, 0.3) is 0 Å². The van der Waals surface area contributed by atoms with Crippen molar-refractivity contribution in [1.29, 1.82) is 0 Å². The minimum Gasteiger partial charge on any atom is -0.497 e. The summed E-state index contributed by atoms with van der Waals surface area (Å²) in [5.74, 6) is 1.64. The largest absolute Gasteiger partial charge is 0.497 e. The van der Waals surface area contributed by atoms with Gasteiger partial charge in [-0.15, -0.1) is 5.10 Å². The minimum absolute atomic E-state index is 0.566. The van der Waals surface area contributed by atoms with Crippen LogP contribution in [0.2, 0.25) is 0 Å². The zero-order valence-electron chi connectivity index (χ0n) is 17.9. The Morgan fingerprint density at radius 1 is 1.03 bits per heavy atom. The van der Waals surface area contributed by atoms with Gasteiger partial charge in [0, 0.05) is 24.5 Å². The van der Waals surface area contributed by atoms with Gasteiger partial charge in [0.2, 0.25) is 4.77 Å². The fraction of sp³-hybridized carbons (Fsp3) is 0.208. The average Bonchev–Trinajstić information content (AvgIpc) is 3.11. The summed E-state index contributed by atoms with van der Waals surface area (Å²) < 4.78 is 9.79. The number of nitrogens with zero attached hydrogens (tertiary/aromatic N) is 5. The molecule has 2 heterocycles. The lowest BCUT2D eigenvalue weighted by Crippen LogP contribution is -2.22. The van der Waals surface area contributed by atoms with Gasteiger partial charge in [-0.1, -0.05) is 30.3 Å². The van der Waals surface area contributed by atoms with Crippen LogP contribution in [0.5, 0.6) is 5.75 Å². The maximum atomic E-state index is 5.87. The van der Waals surface area contributed by atoms with Gasteiger partial charge in [-0.3, -0.25) is 14.5 Å². The Hall–Kier alpha value is -3.29. The third-order valence-corrected chi connectivity index (χ3v) is 5.50. The fourth-order valence-electron chi connectivity index (χ4n) is 3.53. The van der Waals surface area contributed by atoms with Crippen molar-refractivity contribution in [3.8, 4) is 22.8 Å². The van der Waals surface area contributed by atoms with Gasteiger partial charge in [-0.25, -0.2) is 4.68 Å². The first kappa shape index (κ1) is 21.0. The van der Waals surface area contributed by atoms with E-state index < -0.39 is 0 Å². The molecule has 0 unspecified atom stereocenters. The molecule has 0 spiro atoms. The number of methoxy groups -OCH3 is 1. The zero-order valence-corrected chi connectivity index (χ0v) is 18.7. The van der Waals surface area contributed by atoms with E-state index >= 15 is 0 Å². The SMILES string of the molecule is COc1ccc(CN(C)Cn2nc(-c3cccnc3)n(-c3ccccc3C)c2=S)cc1. The van der Waals surface area contributed by atoms with Crippen LogP contribution >= 0.6 is 12.2 Å². The van der Waals surface area contributed by atoms with Crippen molar-refractivity contribution >= 4 is 12.2 Å². The van der Waals surface area contributed by atoms with Crippen molar-refractivity contribution < 1.29 is 4.74 Å². The molecule has 0 aliphatic carbocycles. The van der Waals surface area contributed by atoms with Gasteiger partial charge >= 0.3 is 0 Å². The van der Waals surface area contributed by atoms with Crippen molar-refractivity contribution in [2.45, 2.75) is 20.1 Å². The molecule has 0 saturated heterocycles. The van der Waals surface area contributed by atoms with Crippen LogP contribution in [0.15, 0.2) is 73.1 Å². The molecule has 0 bridgehead atoms. The van der Waals surface area contributed by atoms with Gasteiger partial charge in [0.15, 0.2) is 5.82 Å². The number of hydrogen-bond donors (Lipinski definition) is 0. The maximum absolute atomic E-state index is 5.87. The fourth-order valence-corrected chi connectivity index (χ4v) is 3.82. The molecular formula is C24H25N5OS. The first-order valence-electron chi connectivity index (χ1n) is 10.0. The van der Waals surface area contributed by atoms with Gasteiger partial charge in [0.05, 0.1) is 19.5 Å². The lowest BCUT2D eigenvalue weighted by atomic mass is 10.2. The van der Waals surface area contributed by atoms with Crippen LogP contribution in [0.3, 0.4) is 0 Å². The van der Waals surface area contributed by atoms with Crippen LogP contribution in [-0.4, -0.2) is 38.4 Å². The Morgan fingerprint density at radius 3 is 2.48 bits per heavy atom.